The molecule has 32 heavy (non-hydrogen) atoms. The van der Waals surface area contributed by atoms with Crippen LogP contribution in [0, 0.1) is 6.92 Å². The number of sulfonamides is 1. The number of hydrogen-bond acceptors (Lipinski definition) is 6. The van der Waals surface area contributed by atoms with Gasteiger partial charge >= 0.3 is 0 Å². The van der Waals surface area contributed by atoms with Crippen LogP contribution in [0.2, 0.25) is 0 Å². The second-order valence-corrected chi connectivity index (χ2v) is 9.94. The fourth-order valence-corrected chi connectivity index (χ4v) is 5.11. The van der Waals surface area contributed by atoms with E-state index in [1.54, 1.807) is 36.4 Å². The molecule has 2 aromatic heterocycles. The molecule has 0 bridgehead atoms. The van der Waals surface area contributed by atoms with E-state index in [1.807, 2.05) is 30.5 Å². The van der Waals surface area contributed by atoms with Gasteiger partial charge in [-0.05, 0) is 49.4 Å². The zero-order valence-electron chi connectivity index (χ0n) is 17.5. The van der Waals surface area contributed by atoms with Crippen LogP contribution in [-0.2, 0) is 21.2 Å². The zero-order chi connectivity index (χ0) is 22.7. The fourth-order valence-electron chi connectivity index (χ4n) is 3.09. The number of thiazole rings is 1. The summed E-state index contributed by atoms with van der Waals surface area (Å²) in [5.74, 6) is 1.17. The first-order valence-corrected chi connectivity index (χ1v) is 12.1. The molecule has 1 amide bonds. The zero-order valence-corrected chi connectivity index (χ0v) is 19.1. The molecule has 4 aromatic rings. The number of nitrogens with zero attached hydrogens (tertiary/aromatic N) is 2. The number of aromatic nitrogens is 1. The third kappa shape index (κ3) is 4.74. The van der Waals surface area contributed by atoms with Gasteiger partial charge in [0.2, 0.25) is 5.91 Å². The summed E-state index contributed by atoms with van der Waals surface area (Å²) in [6.07, 6.45) is 0.0666. The van der Waals surface area contributed by atoms with Gasteiger partial charge in [-0.3, -0.25) is 9.10 Å². The number of carbonyl (C=O) groups excluding carboxylic acids is 1. The molecule has 0 radical (unpaired) electrons. The molecule has 0 atom stereocenters. The van der Waals surface area contributed by atoms with Crippen molar-refractivity contribution < 1.29 is 17.6 Å². The Kier molecular flexibility index (Phi) is 6.11. The van der Waals surface area contributed by atoms with Gasteiger partial charge in [0.15, 0.2) is 10.8 Å². The molecule has 1 N–H and O–H groups in total. The van der Waals surface area contributed by atoms with Gasteiger partial charge in [-0.25, -0.2) is 13.4 Å². The van der Waals surface area contributed by atoms with Crippen molar-refractivity contribution in [1.82, 2.24) is 4.98 Å². The number of anilines is 2. The molecular weight excluding hydrogens is 446 g/mol. The number of benzene rings is 2. The van der Waals surface area contributed by atoms with E-state index in [0.29, 0.717) is 27.8 Å². The number of para-hydroxylation sites is 1. The van der Waals surface area contributed by atoms with E-state index >= 15 is 0 Å². The Labute approximate surface area is 190 Å². The second-order valence-electron chi connectivity index (χ2n) is 7.12. The normalized spacial score (nSPS) is 11.3. The lowest BCUT2D eigenvalue weighted by Crippen LogP contribution is -2.26. The molecule has 4 rings (SSSR count). The Morgan fingerprint density at radius 2 is 1.88 bits per heavy atom. The summed E-state index contributed by atoms with van der Waals surface area (Å²) in [5, 5.41) is 5.27. The molecule has 9 heteroatoms. The summed E-state index contributed by atoms with van der Waals surface area (Å²) in [4.78, 5) is 17.1. The summed E-state index contributed by atoms with van der Waals surface area (Å²) < 4.78 is 32.8. The number of nitrogens with one attached hydrogen (secondary N) is 1. The van der Waals surface area contributed by atoms with Crippen LogP contribution in [0.15, 0.2) is 81.4 Å². The lowest BCUT2D eigenvalue weighted by molar-refractivity contribution is -0.115. The first kappa shape index (κ1) is 21.8. The summed E-state index contributed by atoms with van der Waals surface area (Å²) in [6.45, 7) is 1.86. The number of rotatable bonds is 7. The average Bonchev–Trinajstić information content (AvgIpc) is 3.42. The Morgan fingerprint density at radius 3 is 2.59 bits per heavy atom. The SMILES string of the molecule is Cc1ccc(-c2nc(CC(=O)Nc3cccc(S(=O)(=O)N(C)c4ccccc4)c3)cs2)o1. The van der Waals surface area contributed by atoms with Crippen molar-refractivity contribution in [3.05, 3.63) is 83.6 Å². The summed E-state index contributed by atoms with van der Waals surface area (Å²) in [5.41, 5.74) is 1.56. The maximum atomic E-state index is 13.0. The first-order chi connectivity index (χ1) is 15.3. The fraction of sp³-hybridized carbons (Fsp3) is 0.130. The smallest absolute Gasteiger partial charge is 0.264 e. The molecule has 0 unspecified atom stereocenters. The standard InChI is InChI=1S/C23H21N3O4S2/c1-16-11-12-21(30-16)23-25-18(15-31-23)14-22(27)24-17-7-6-10-20(13-17)32(28,29)26(2)19-8-4-3-5-9-19/h3-13,15H,14H2,1-2H3,(H,24,27). The van der Waals surface area contributed by atoms with Crippen LogP contribution in [-0.4, -0.2) is 26.4 Å². The molecule has 0 aliphatic rings. The molecule has 0 spiro atoms. The van der Waals surface area contributed by atoms with E-state index in [1.165, 1.54) is 34.8 Å². The monoisotopic (exact) mass is 467 g/mol. The van der Waals surface area contributed by atoms with Crippen molar-refractivity contribution >= 4 is 38.6 Å². The first-order valence-electron chi connectivity index (χ1n) is 9.78. The highest BCUT2D eigenvalue weighted by Crippen LogP contribution is 2.26. The van der Waals surface area contributed by atoms with Crippen molar-refractivity contribution in [2.45, 2.75) is 18.2 Å². The van der Waals surface area contributed by atoms with Crippen LogP contribution in [0.25, 0.3) is 10.8 Å². The quantitative estimate of drug-likeness (QED) is 0.425. The van der Waals surface area contributed by atoms with Crippen LogP contribution >= 0.6 is 11.3 Å². The second kappa shape index (κ2) is 8.97. The minimum atomic E-state index is -3.77. The minimum Gasteiger partial charge on any atom is -0.459 e. The van der Waals surface area contributed by atoms with Gasteiger partial charge in [-0.15, -0.1) is 11.3 Å². The molecule has 2 aromatic carbocycles. The number of aryl methyl sites for hydroxylation is 1. The number of carbonyl (C=O) groups is 1. The molecule has 2 heterocycles. The predicted molar refractivity (Wildman–Crippen MR) is 125 cm³/mol. The largest absolute Gasteiger partial charge is 0.459 e. The van der Waals surface area contributed by atoms with Gasteiger partial charge in [-0.2, -0.15) is 0 Å². The Bertz CT molecular complexity index is 1340. The summed E-state index contributed by atoms with van der Waals surface area (Å²) in [6, 6.07) is 18.7. The third-order valence-electron chi connectivity index (χ3n) is 4.74. The third-order valence-corrected chi connectivity index (χ3v) is 7.43. The maximum Gasteiger partial charge on any atom is 0.264 e. The summed E-state index contributed by atoms with van der Waals surface area (Å²) in [7, 11) is -2.28. The van der Waals surface area contributed by atoms with Gasteiger partial charge in [0.25, 0.3) is 10.0 Å². The predicted octanol–water partition coefficient (Wildman–Crippen LogP) is 4.72. The van der Waals surface area contributed by atoms with Gasteiger partial charge in [0.05, 0.1) is 22.7 Å². The van der Waals surface area contributed by atoms with E-state index in [4.69, 9.17) is 4.42 Å². The van der Waals surface area contributed by atoms with Gasteiger partial charge in [-0.1, -0.05) is 24.3 Å². The lowest BCUT2D eigenvalue weighted by atomic mass is 10.3. The summed E-state index contributed by atoms with van der Waals surface area (Å²) >= 11 is 1.40. The van der Waals surface area contributed by atoms with Crippen molar-refractivity contribution in [1.29, 1.82) is 0 Å². The average molecular weight is 468 g/mol. The van der Waals surface area contributed by atoms with E-state index in [9.17, 15) is 13.2 Å². The van der Waals surface area contributed by atoms with Crippen molar-refractivity contribution in [2.75, 3.05) is 16.7 Å². The minimum absolute atomic E-state index is 0.0666. The maximum absolute atomic E-state index is 13.0. The van der Waals surface area contributed by atoms with E-state index in [-0.39, 0.29) is 17.2 Å². The molecule has 0 aliphatic carbocycles. The van der Waals surface area contributed by atoms with Crippen LogP contribution in [0.3, 0.4) is 0 Å². The van der Waals surface area contributed by atoms with Crippen LogP contribution in [0.1, 0.15) is 11.5 Å². The Balaban J connectivity index is 1.46. The molecular formula is C23H21N3O4S2. The van der Waals surface area contributed by atoms with Crippen LogP contribution < -0.4 is 9.62 Å². The van der Waals surface area contributed by atoms with E-state index in [2.05, 4.69) is 10.3 Å². The van der Waals surface area contributed by atoms with Gasteiger partial charge < -0.3 is 9.73 Å². The van der Waals surface area contributed by atoms with Crippen LogP contribution in [0.5, 0.6) is 0 Å². The highest BCUT2D eigenvalue weighted by Gasteiger charge is 2.22. The Hall–Kier alpha value is -3.43. The molecule has 0 aliphatic heterocycles. The topological polar surface area (TPSA) is 92.5 Å². The number of hydrogen-bond donors (Lipinski definition) is 1. The highest BCUT2D eigenvalue weighted by atomic mass is 32.2. The lowest BCUT2D eigenvalue weighted by Gasteiger charge is -2.19. The van der Waals surface area contributed by atoms with E-state index < -0.39 is 10.0 Å². The molecule has 7 nitrogen and oxygen atoms in total. The molecule has 0 fully saturated rings. The van der Waals surface area contributed by atoms with E-state index in [0.717, 1.165) is 5.76 Å². The van der Waals surface area contributed by atoms with Gasteiger partial charge in [0.1, 0.15) is 5.76 Å². The number of amides is 1. The molecule has 164 valence electrons. The van der Waals surface area contributed by atoms with Gasteiger partial charge in [0, 0.05) is 18.1 Å². The molecule has 0 saturated heterocycles. The molecule has 0 saturated carbocycles. The highest BCUT2D eigenvalue weighted by molar-refractivity contribution is 7.92. The van der Waals surface area contributed by atoms with Crippen molar-refractivity contribution in [3.63, 3.8) is 0 Å². The van der Waals surface area contributed by atoms with Crippen molar-refractivity contribution in [2.24, 2.45) is 0 Å². The van der Waals surface area contributed by atoms with Crippen molar-refractivity contribution in [3.8, 4) is 10.8 Å². The Morgan fingerprint density at radius 1 is 1.09 bits per heavy atom. The van der Waals surface area contributed by atoms with Crippen LogP contribution in [0.4, 0.5) is 11.4 Å². The number of furan rings is 1.